The molecule has 0 amide bonds. The maximum Gasteiger partial charge on any atom is 1.00 e. The monoisotopic (exact) mass is 378 g/mol. The third-order valence-corrected chi connectivity index (χ3v) is 4.52. The van der Waals surface area contributed by atoms with Crippen molar-refractivity contribution in [3.63, 3.8) is 0 Å². The van der Waals surface area contributed by atoms with Crippen LogP contribution in [0.2, 0.25) is 0 Å². The van der Waals surface area contributed by atoms with Crippen molar-refractivity contribution in [2.24, 2.45) is 0 Å². The molecule has 132 valence electrons. The molecule has 0 fully saturated rings. The quantitative estimate of drug-likeness (QED) is 0.163. The number of hydrogen-bond donors (Lipinski definition) is 0. The smallest absolute Gasteiger partial charge is 0.744 e. The summed E-state index contributed by atoms with van der Waals surface area (Å²) >= 11 is 0. The molecule has 1 aromatic rings. The summed E-state index contributed by atoms with van der Waals surface area (Å²) in [6.07, 6.45) is 5.42. The van der Waals surface area contributed by atoms with Gasteiger partial charge in [-0.25, -0.2) is 26.0 Å². The number of benzene rings is 1. The number of hydrogen-bond acceptors (Lipinski definition) is 3. The van der Waals surface area contributed by atoms with Gasteiger partial charge in [0, 0.05) is 5.56 Å². The van der Waals surface area contributed by atoms with Gasteiger partial charge in [0.2, 0.25) is 0 Å². The molecule has 24 heavy (non-hydrogen) atoms. The first-order chi connectivity index (χ1) is 10.7. The average molecular weight is 378 g/mol. The minimum Gasteiger partial charge on any atom is -0.744 e. The molecule has 0 radical (unpaired) electrons. The predicted molar refractivity (Wildman–Crippen MR) is 75.9 cm³/mol. The molecular weight excluding hydrogens is 359 g/mol. The SMILES string of the molecule is CCCCCCCCCc1c(F)c(F)c(F)c(F)c1S(=O)(=O)[O-].[Na+]. The van der Waals surface area contributed by atoms with Gasteiger partial charge in [0.25, 0.3) is 0 Å². The molecule has 0 saturated heterocycles. The first kappa shape index (κ1) is 23.9. The molecule has 0 aliphatic heterocycles. The van der Waals surface area contributed by atoms with Crippen LogP contribution >= 0.6 is 0 Å². The van der Waals surface area contributed by atoms with E-state index >= 15 is 0 Å². The van der Waals surface area contributed by atoms with Gasteiger partial charge in [0.1, 0.15) is 10.1 Å². The molecule has 0 saturated carbocycles. The molecule has 0 aliphatic rings. The van der Waals surface area contributed by atoms with Crippen molar-refractivity contribution in [2.75, 3.05) is 0 Å². The Morgan fingerprint density at radius 2 is 1.25 bits per heavy atom. The summed E-state index contributed by atoms with van der Waals surface area (Å²) in [5.41, 5.74) is -0.912. The summed E-state index contributed by atoms with van der Waals surface area (Å²) in [5, 5.41) is 0. The van der Waals surface area contributed by atoms with Gasteiger partial charge in [0.05, 0.1) is 4.90 Å². The first-order valence-corrected chi connectivity index (χ1v) is 8.93. The van der Waals surface area contributed by atoms with E-state index in [-0.39, 0.29) is 42.4 Å². The van der Waals surface area contributed by atoms with Gasteiger partial charge < -0.3 is 4.55 Å². The molecule has 0 atom stereocenters. The van der Waals surface area contributed by atoms with E-state index in [4.69, 9.17) is 0 Å². The minimum absolute atomic E-state index is 0. The maximum absolute atomic E-state index is 13.7. The molecule has 0 N–H and O–H groups in total. The minimum atomic E-state index is -5.45. The molecular formula is C15H19F4NaO3S. The van der Waals surface area contributed by atoms with Gasteiger partial charge >= 0.3 is 29.6 Å². The molecule has 0 spiro atoms. The molecule has 9 heteroatoms. The van der Waals surface area contributed by atoms with Crippen LogP contribution in [-0.2, 0) is 16.5 Å². The van der Waals surface area contributed by atoms with E-state index in [0.29, 0.717) is 6.42 Å². The largest absolute Gasteiger partial charge is 1.00 e. The van der Waals surface area contributed by atoms with Crippen molar-refractivity contribution < 1.29 is 60.1 Å². The second-order valence-electron chi connectivity index (χ2n) is 5.39. The second-order valence-corrected chi connectivity index (χ2v) is 6.71. The molecule has 0 aliphatic carbocycles. The summed E-state index contributed by atoms with van der Waals surface area (Å²) in [7, 11) is -5.45. The van der Waals surface area contributed by atoms with E-state index in [2.05, 4.69) is 6.92 Å². The van der Waals surface area contributed by atoms with E-state index in [1.807, 2.05) is 0 Å². The van der Waals surface area contributed by atoms with Crippen LogP contribution in [0.5, 0.6) is 0 Å². The van der Waals surface area contributed by atoms with E-state index in [1.54, 1.807) is 0 Å². The van der Waals surface area contributed by atoms with E-state index in [9.17, 15) is 30.5 Å². The molecule has 3 nitrogen and oxygen atoms in total. The molecule has 0 bridgehead atoms. The Hall–Kier alpha value is -0.150. The van der Waals surface area contributed by atoms with Gasteiger partial charge in [-0.15, -0.1) is 0 Å². The Morgan fingerprint density at radius 1 is 0.792 bits per heavy atom. The zero-order chi connectivity index (χ0) is 17.6. The van der Waals surface area contributed by atoms with Gasteiger partial charge in [-0.3, -0.25) is 0 Å². The van der Waals surface area contributed by atoms with Crippen LogP contribution in [0.15, 0.2) is 4.90 Å². The predicted octanol–water partition coefficient (Wildman–Crippen LogP) is 1.44. The van der Waals surface area contributed by atoms with Crippen LogP contribution in [0.25, 0.3) is 0 Å². The molecule has 0 unspecified atom stereocenters. The fourth-order valence-electron chi connectivity index (χ4n) is 2.40. The first-order valence-electron chi connectivity index (χ1n) is 7.52. The van der Waals surface area contributed by atoms with Crippen molar-refractivity contribution in [3.8, 4) is 0 Å². The number of rotatable bonds is 9. The summed E-state index contributed by atoms with van der Waals surface area (Å²) < 4.78 is 86.8. The fourth-order valence-corrected chi connectivity index (χ4v) is 3.20. The van der Waals surface area contributed by atoms with Crippen LogP contribution in [0.4, 0.5) is 17.6 Å². The number of unbranched alkanes of at least 4 members (excludes halogenated alkanes) is 6. The van der Waals surface area contributed by atoms with E-state index in [1.165, 1.54) is 0 Å². The summed E-state index contributed by atoms with van der Waals surface area (Å²) in [6.45, 7) is 2.06. The third kappa shape index (κ3) is 6.29. The maximum atomic E-state index is 13.7. The Morgan fingerprint density at radius 3 is 1.75 bits per heavy atom. The zero-order valence-corrected chi connectivity index (χ0v) is 16.6. The molecule has 1 rings (SSSR count). The molecule has 0 heterocycles. The van der Waals surface area contributed by atoms with Gasteiger partial charge in [0.15, 0.2) is 23.3 Å². The summed E-state index contributed by atoms with van der Waals surface area (Å²) in [5.74, 6) is -8.37. The Kier molecular flexibility index (Phi) is 10.7. The topological polar surface area (TPSA) is 57.2 Å². The van der Waals surface area contributed by atoms with Crippen molar-refractivity contribution in [2.45, 2.75) is 63.2 Å². The molecule has 0 aromatic heterocycles. The van der Waals surface area contributed by atoms with E-state index in [0.717, 1.165) is 32.1 Å². The standard InChI is InChI=1S/C15H20F4O3S.Na/c1-2-3-4-5-6-7-8-9-10-11(16)12(17)13(18)14(19)15(10)23(20,21)22;/h2-9H2,1H3,(H,20,21,22);/q;+1/p-1. The van der Waals surface area contributed by atoms with Crippen LogP contribution in [0.1, 0.15) is 57.4 Å². The second kappa shape index (κ2) is 10.8. The van der Waals surface area contributed by atoms with Gasteiger partial charge in [-0.1, -0.05) is 45.4 Å². The van der Waals surface area contributed by atoms with Crippen molar-refractivity contribution in [1.29, 1.82) is 0 Å². The van der Waals surface area contributed by atoms with E-state index < -0.39 is 43.8 Å². The van der Waals surface area contributed by atoms with Gasteiger partial charge in [-0.2, -0.15) is 0 Å². The Bertz CT molecular complexity index is 651. The Labute approximate surface area is 161 Å². The Balaban J connectivity index is 0.00000529. The van der Waals surface area contributed by atoms with Crippen molar-refractivity contribution in [1.82, 2.24) is 0 Å². The fraction of sp³-hybridized carbons (Fsp3) is 0.600. The summed E-state index contributed by atoms with van der Waals surface area (Å²) in [4.78, 5) is -1.63. The van der Waals surface area contributed by atoms with Crippen LogP contribution in [-0.4, -0.2) is 13.0 Å². The summed E-state index contributed by atoms with van der Waals surface area (Å²) in [6, 6.07) is 0. The normalized spacial score (nSPS) is 11.4. The van der Waals surface area contributed by atoms with Crippen LogP contribution < -0.4 is 29.6 Å². The van der Waals surface area contributed by atoms with Crippen LogP contribution in [0, 0.1) is 23.3 Å². The van der Waals surface area contributed by atoms with Crippen molar-refractivity contribution >= 4 is 10.1 Å². The number of halogens is 4. The third-order valence-electron chi connectivity index (χ3n) is 3.60. The average Bonchev–Trinajstić information content (AvgIpc) is 2.47. The van der Waals surface area contributed by atoms with Crippen molar-refractivity contribution in [3.05, 3.63) is 28.8 Å². The molecule has 1 aromatic carbocycles. The zero-order valence-electron chi connectivity index (χ0n) is 13.8. The van der Waals surface area contributed by atoms with Crippen LogP contribution in [0.3, 0.4) is 0 Å². The van der Waals surface area contributed by atoms with Gasteiger partial charge in [-0.05, 0) is 12.8 Å².